The number of hydrogen-bond donors (Lipinski definition) is 2. The molecule has 0 bridgehead atoms. The molecule has 0 spiro atoms. The molecule has 44 heavy (non-hydrogen) atoms. The summed E-state index contributed by atoms with van der Waals surface area (Å²) >= 11 is 0. The van der Waals surface area contributed by atoms with Crippen LogP contribution in [0.25, 0.3) is 0 Å². The Morgan fingerprint density at radius 3 is 1.05 bits per heavy atom. The van der Waals surface area contributed by atoms with Gasteiger partial charge in [-0.15, -0.1) is 0 Å². The zero-order valence-corrected chi connectivity index (χ0v) is 27.7. The highest BCUT2D eigenvalue weighted by Crippen LogP contribution is 2.41. The fraction of sp³-hybridized carbons (Fsp3) is 0.333. The van der Waals surface area contributed by atoms with E-state index in [9.17, 15) is 16.8 Å². The van der Waals surface area contributed by atoms with Gasteiger partial charge in [0.05, 0.1) is 12.5 Å². The van der Waals surface area contributed by atoms with Gasteiger partial charge in [0, 0.05) is 0 Å². The Morgan fingerprint density at radius 2 is 0.727 bits per heavy atom. The maximum Gasteiger partial charge on any atom is 0.261 e. The molecule has 6 nitrogen and oxygen atoms in total. The number of benzene rings is 4. The van der Waals surface area contributed by atoms with Crippen molar-refractivity contribution in [1.29, 1.82) is 0 Å². The summed E-state index contributed by atoms with van der Waals surface area (Å²) in [6.07, 6.45) is 6.13. The molecule has 0 heterocycles. The predicted octanol–water partition coefficient (Wildman–Crippen LogP) is 8.73. The van der Waals surface area contributed by atoms with E-state index < -0.39 is 20.2 Å². The minimum atomic E-state index is -3.67. The van der Waals surface area contributed by atoms with Crippen LogP contribution in [0.1, 0.15) is 85.5 Å². The van der Waals surface area contributed by atoms with E-state index in [-0.39, 0.29) is 0 Å². The van der Waals surface area contributed by atoms with E-state index >= 15 is 0 Å². The molecule has 0 radical (unpaired) electrons. The lowest BCUT2D eigenvalue weighted by atomic mass is 9.75. The van der Waals surface area contributed by atoms with Crippen molar-refractivity contribution in [3.8, 4) is 0 Å². The summed E-state index contributed by atoms with van der Waals surface area (Å²) in [7, 11) is -7.33. The van der Waals surface area contributed by atoms with Gasteiger partial charge < -0.3 is 0 Å². The van der Waals surface area contributed by atoms with Crippen molar-refractivity contribution in [3.05, 3.63) is 144 Å². The summed E-state index contributed by atoms with van der Waals surface area (Å²) in [5.41, 5.74) is 5.86. The van der Waals surface area contributed by atoms with Gasteiger partial charge in [0.25, 0.3) is 20.2 Å². The van der Waals surface area contributed by atoms with Gasteiger partial charge in [-0.3, -0.25) is 9.11 Å². The van der Waals surface area contributed by atoms with Crippen LogP contribution < -0.4 is 0 Å². The third-order valence-electron chi connectivity index (χ3n) is 7.45. The molecule has 0 aliphatic heterocycles. The SMILES string of the molecule is CC[C@@H](C[C@H](C[C@@H](C[C@H](C)c1ccccc1)c1ccccc1)c1ccccc1)c1ccccc1.CS(=O)(=O)O.CS(=O)(=O)O. The van der Waals surface area contributed by atoms with Crippen molar-refractivity contribution < 1.29 is 25.9 Å². The van der Waals surface area contributed by atoms with Crippen LogP contribution in [0, 0.1) is 0 Å². The van der Waals surface area contributed by atoms with Gasteiger partial charge in [-0.2, -0.15) is 16.8 Å². The molecular formula is C36H46O6S2. The van der Waals surface area contributed by atoms with Gasteiger partial charge in [0.1, 0.15) is 0 Å². The molecule has 4 aromatic carbocycles. The van der Waals surface area contributed by atoms with E-state index in [2.05, 4.69) is 135 Å². The first kappa shape index (κ1) is 36.9. The molecule has 0 aromatic heterocycles. The van der Waals surface area contributed by atoms with E-state index in [1.807, 2.05) is 0 Å². The zero-order valence-electron chi connectivity index (χ0n) is 26.0. The van der Waals surface area contributed by atoms with Crippen molar-refractivity contribution in [2.75, 3.05) is 12.5 Å². The fourth-order valence-corrected chi connectivity index (χ4v) is 5.48. The second-order valence-corrected chi connectivity index (χ2v) is 14.1. The standard InChI is InChI=1S/C34H38.2CH4O3S/c1-3-28(30-18-10-5-11-19-30)25-34(32-22-14-7-15-23-32)26-33(31-20-12-6-13-21-31)24-27(2)29-16-8-4-9-17-29;2*1-5(2,3)4/h4-23,27-28,33-34H,3,24-26H2,1-2H3;2*1H3,(H,2,3,4)/t27-,28-,33+,34+;;/m0../s1. The normalized spacial score (nSPS) is 14.0. The molecule has 0 fully saturated rings. The number of rotatable bonds is 11. The molecule has 0 saturated carbocycles. The first-order valence-corrected chi connectivity index (χ1v) is 18.5. The molecule has 4 rings (SSSR count). The van der Waals surface area contributed by atoms with Crippen LogP contribution in [0.15, 0.2) is 121 Å². The zero-order chi connectivity index (χ0) is 32.6. The van der Waals surface area contributed by atoms with Crippen LogP contribution in [0.2, 0.25) is 0 Å². The smallest absolute Gasteiger partial charge is 0.261 e. The Bertz CT molecular complexity index is 1500. The van der Waals surface area contributed by atoms with E-state index in [1.165, 1.54) is 47.9 Å². The minimum Gasteiger partial charge on any atom is -0.286 e. The highest BCUT2D eigenvalue weighted by molar-refractivity contribution is 7.85. The highest BCUT2D eigenvalue weighted by atomic mass is 32.2. The summed E-state index contributed by atoms with van der Waals surface area (Å²) in [6.45, 7) is 4.73. The number of hydrogen-bond acceptors (Lipinski definition) is 4. The second kappa shape index (κ2) is 18.5. The van der Waals surface area contributed by atoms with Crippen LogP contribution in [-0.4, -0.2) is 38.5 Å². The van der Waals surface area contributed by atoms with Gasteiger partial charge in [0.2, 0.25) is 0 Å². The Labute approximate surface area is 264 Å². The van der Waals surface area contributed by atoms with Crippen LogP contribution in [0.4, 0.5) is 0 Å². The molecule has 0 amide bonds. The Kier molecular flexibility index (Phi) is 15.5. The van der Waals surface area contributed by atoms with Crippen molar-refractivity contribution in [2.45, 2.75) is 63.2 Å². The average Bonchev–Trinajstić information content (AvgIpc) is 2.99. The van der Waals surface area contributed by atoms with Crippen molar-refractivity contribution in [2.24, 2.45) is 0 Å². The van der Waals surface area contributed by atoms with E-state index in [1.54, 1.807) is 0 Å². The van der Waals surface area contributed by atoms with Gasteiger partial charge >= 0.3 is 0 Å². The third kappa shape index (κ3) is 16.0. The lowest BCUT2D eigenvalue weighted by Gasteiger charge is -2.29. The van der Waals surface area contributed by atoms with Crippen molar-refractivity contribution in [3.63, 3.8) is 0 Å². The minimum absolute atomic E-state index is 0.523. The summed E-state index contributed by atoms with van der Waals surface area (Å²) in [4.78, 5) is 0. The molecule has 0 unspecified atom stereocenters. The third-order valence-corrected chi connectivity index (χ3v) is 7.45. The monoisotopic (exact) mass is 638 g/mol. The summed E-state index contributed by atoms with van der Waals surface area (Å²) in [5, 5.41) is 0. The summed E-state index contributed by atoms with van der Waals surface area (Å²) < 4.78 is 51.7. The van der Waals surface area contributed by atoms with Gasteiger partial charge in [-0.05, 0) is 71.6 Å². The first-order chi connectivity index (χ1) is 20.7. The van der Waals surface area contributed by atoms with E-state index in [4.69, 9.17) is 9.11 Å². The van der Waals surface area contributed by atoms with Gasteiger partial charge in [-0.25, -0.2) is 0 Å². The van der Waals surface area contributed by atoms with Gasteiger partial charge in [-0.1, -0.05) is 135 Å². The molecule has 4 atom stereocenters. The van der Waals surface area contributed by atoms with E-state index in [0.717, 1.165) is 0 Å². The maximum absolute atomic E-state index is 9.19. The maximum atomic E-state index is 9.19. The van der Waals surface area contributed by atoms with Crippen LogP contribution in [0.5, 0.6) is 0 Å². The van der Waals surface area contributed by atoms with Crippen LogP contribution in [-0.2, 0) is 20.2 Å². The van der Waals surface area contributed by atoms with Gasteiger partial charge in [0.15, 0.2) is 0 Å². The molecule has 8 heteroatoms. The van der Waals surface area contributed by atoms with Crippen molar-refractivity contribution in [1.82, 2.24) is 0 Å². The first-order valence-electron chi connectivity index (χ1n) is 14.8. The lowest BCUT2D eigenvalue weighted by Crippen LogP contribution is -2.13. The van der Waals surface area contributed by atoms with E-state index in [0.29, 0.717) is 36.2 Å². The molecule has 0 aliphatic rings. The van der Waals surface area contributed by atoms with Crippen LogP contribution in [0.3, 0.4) is 0 Å². The quantitative estimate of drug-likeness (QED) is 0.159. The highest BCUT2D eigenvalue weighted by Gasteiger charge is 2.25. The lowest BCUT2D eigenvalue weighted by molar-refractivity contribution is 0.428. The predicted molar refractivity (Wildman–Crippen MR) is 181 cm³/mol. The Hall–Kier alpha value is -3.30. The molecule has 2 N–H and O–H groups in total. The topological polar surface area (TPSA) is 109 Å². The Balaban J connectivity index is 0.000000586. The average molecular weight is 639 g/mol. The summed E-state index contributed by atoms with van der Waals surface area (Å²) in [5.74, 6) is 2.16. The fourth-order valence-electron chi connectivity index (χ4n) is 5.48. The molecule has 4 aromatic rings. The molecule has 238 valence electrons. The molecule has 0 saturated heterocycles. The Morgan fingerprint density at radius 1 is 0.477 bits per heavy atom. The largest absolute Gasteiger partial charge is 0.286 e. The summed E-state index contributed by atoms with van der Waals surface area (Å²) in [6, 6.07) is 44.6. The van der Waals surface area contributed by atoms with Crippen molar-refractivity contribution >= 4 is 20.2 Å². The molecule has 0 aliphatic carbocycles. The second-order valence-electron chi connectivity index (χ2n) is 11.2. The van der Waals surface area contributed by atoms with Crippen LogP contribution >= 0.6 is 0 Å². The molecular weight excluding hydrogens is 593 g/mol.